The van der Waals surface area contributed by atoms with E-state index in [0.29, 0.717) is 5.56 Å². The first-order valence-electron chi connectivity index (χ1n) is 7.42. The zero-order valence-corrected chi connectivity index (χ0v) is 14.7. The summed E-state index contributed by atoms with van der Waals surface area (Å²) in [4.78, 5) is 16.6. The quantitative estimate of drug-likeness (QED) is 0.363. The van der Waals surface area contributed by atoms with Gasteiger partial charge in [0.2, 0.25) is 10.0 Å². The summed E-state index contributed by atoms with van der Waals surface area (Å²) in [5.74, 6) is -0.810. The zero-order chi connectivity index (χ0) is 18.4. The maximum absolute atomic E-state index is 12.4. The molecule has 2 aromatic carbocycles. The summed E-state index contributed by atoms with van der Waals surface area (Å²) >= 11 is 0. The number of hydrogen-bond donors (Lipinski definition) is 1. The molecule has 2 rings (SSSR count). The highest BCUT2D eigenvalue weighted by molar-refractivity contribution is 7.89. The standard InChI is InChI=1S/C17H19N3O4S/c1-13-8-10-15(11-9-13)25(22,23)20(2)12-16(21)24-19-17(18)14-6-4-3-5-7-14/h3-11H,12H2,1-2H3,(H2,18,19). The molecule has 0 unspecified atom stereocenters. The van der Waals surface area contributed by atoms with Crippen LogP contribution in [-0.4, -0.2) is 38.1 Å². The average molecular weight is 361 g/mol. The number of sulfonamides is 1. The van der Waals surface area contributed by atoms with Crippen molar-refractivity contribution in [3.05, 3.63) is 65.7 Å². The SMILES string of the molecule is Cc1ccc(S(=O)(=O)N(C)CC(=O)O/N=C(\N)c2ccccc2)cc1. The van der Waals surface area contributed by atoms with E-state index >= 15 is 0 Å². The number of carbonyl (C=O) groups excluding carboxylic acids is 1. The Bertz CT molecular complexity index is 863. The molecule has 0 atom stereocenters. The lowest BCUT2D eigenvalue weighted by Crippen LogP contribution is -2.32. The van der Waals surface area contributed by atoms with E-state index in [0.717, 1.165) is 9.87 Å². The Hall–Kier alpha value is -2.71. The summed E-state index contributed by atoms with van der Waals surface area (Å²) in [6, 6.07) is 15.1. The van der Waals surface area contributed by atoms with Crippen molar-refractivity contribution in [2.24, 2.45) is 10.9 Å². The number of amidine groups is 1. The fraction of sp³-hybridized carbons (Fsp3) is 0.176. The Kier molecular flexibility index (Phi) is 5.89. The topological polar surface area (TPSA) is 102 Å². The summed E-state index contributed by atoms with van der Waals surface area (Å²) < 4.78 is 25.7. The van der Waals surface area contributed by atoms with E-state index in [4.69, 9.17) is 10.6 Å². The predicted molar refractivity (Wildman–Crippen MR) is 94.3 cm³/mol. The third-order valence-electron chi connectivity index (χ3n) is 3.40. The van der Waals surface area contributed by atoms with Crippen molar-refractivity contribution in [3.63, 3.8) is 0 Å². The largest absolute Gasteiger partial charge is 0.380 e. The Labute approximate surface area is 146 Å². The molecule has 0 aliphatic heterocycles. The van der Waals surface area contributed by atoms with Gasteiger partial charge in [0.15, 0.2) is 5.84 Å². The smallest absolute Gasteiger partial charge is 0.350 e. The van der Waals surface area contributed by atoms with Crippen LogP contribution >= 0.6 is 0 Å². The van der Waals surface area contributed by atoms with Gasteiger partial charge in [0.25, 0.3) is 0 Å². The molecule has 0 radical (unpaired) electrons. The van der Waals surface area contributed by atoms with E-state index in [9.17, 15) is 13.2 Å². The number of nitrogens with zero attached hydrogens (tertiary/aromatic N) is 2. The Morgan fingerprint density at radius 2 is 1.72 bits per heavy atom. The van der Waals surface area contributed by atoms with Crippen molar-refractivity contribution in [2.45, 2.75) is 11.8 Å². The first-order chi connectivity index (χ1) is 11.8. The second-order valence-electron chi connectivity index (χ2n) is 5.38. The van der Waals surface area contributed by atoms with Crippen molar-refractivity contribution in [2.75, 3.05) is 13.6 Å². The Morgan fingerprint density at radius 1 is 1.12 bits per heavy atom. The van der Waals surface area contributed by atoms with Crippen LogP contribution < -0.4 is 5.73 Å². The van der Waals surface area contributed by atoms with Crippen LogP contribution in [0.3, 0.4) is 0 Å². The lowest BCUT2D eigenvalue weighted by atomic mass is 10.2. The summed E-state index contributed by atoms with van der Waals surface area (Å²) in [5, 5.41) is 3.54. The molecule has 132 valence electrons. The highest BCUT2D eigenvalue weighted by Crippen LogP contribution is 2.14. The second kappa shape index (κ2) is 7.91. The number of hydrogen-bond acceptors (Lipinski definition) is 5. The van der Waals surface area contributed by atoms with Gasteiger partial charge in [-0.25, -0.2) is 13.2 Å². The van der Waals surface area contributed by atoms with Gasteiger partial charge in [0, 0.05) is 12.6 Å². The van der Waals surface area contributed by atoms with Crippen molar-refractivity contribution >= 4 is 21.8 Å². The monoisotopic (exact) mass is 361 g/mol. The third-order valence-corrected chi connectivity index (χ3v) is 5.21. The minimum atomic E-state index is -3.79. The predicted octanol–water partition coefficient (Wildman–Crippen LogP) is 1.48. The van der Waals surface area contributed by atoms with E-state index < -0.39 is 22.5 Å². The first kappa shape index (κ1) is 18.6. The summed E-state index contributed by atoms with van der Waals surface area (Å²) in [5.41, 5.74) is 7.24. The molecule has 8 heteroatoms. The molecular formula is C17H19N3O4S. The zero-order valence-electron chi connectivity index (χ0n) is 13.9. The van der Waals surface area contributed by atoms with Crippen molar-refractivity contribution in [1.82, 2.24) is 4.31 Å². The van der Waals surface area contributed by atoms with Crippen LogP contribution in [0.2, 0.25) is 0 Å². The normalized spacial score (nSPS) is 12.2. The molecule has 0 aliphatic rings. The average Bonchev–Trinajstić information content (AvgIpc) is 2.60. The fourth-order valence-electron chi connectivity index (χ4n) is 1.95. The Balaban J connectivity index is 2.01. The maximum Gasteiger partial charge on any atom is 0.350 e. The fourth-order valence-corrected chi connectivity index (χ4v) is 3.06. The molecule has 7 nitrogen and oxygen atoms in total. The van der Waals surface area contributed by atoms with E-state index in [2.05, 4.69) is 5.16 Å². The van der Waals surface area contributed by atoms with E-state index in [-0.39, 0.29) is 10.7 Å². The van der Waals surface area contributed by atoms with Gasteiger partial charge in [0.1, 0.15) is 6.54 Å². The molecule has 0 heterocycles. The molecule has 0 saturated carbocycles. The van der Waals surface area contributed by atoms with Crippen molar-refractivity contribution < 1.29 is 18.0 Å². The van der Waals surface area contributed by atoms with Crippen LogP contribution in [0.5, 0.6) is 0 Å². The van der Waals surface area contributed by atoms with Crippen LogP contribution in [0.15, 0.2) is 64.6 Å². The van der Waals surface area contributed by atoms with Gasteiger partial charge in [-0.15, -0.1) is 0 Å². The summed E-state index contributed by atoms with van der Waals surface area (Å²) in [7, 11) is -2.50. The van der Waals surface area contributed by atoms with Gasteiger partial charge < -0.3 is 10.6 Å². The Morgan fingerprint density at radius 3 is 2.32 bits per heavy atom. The van der Waals surface area contributed by atoms with Crippen LogP contribution in [0.25, 0.3) is 0 Å². The van der Waals surface area contributed by atoms with Gasteiger partial charge in [-0.05, 0) is 19.1 Å². The molecule has 0 saturated heterocycles. The van der Waals surface area contributed by atoms with Gasteiger partial charge >= 0.3 is 5.97 Å². The highest BCUT2D eigenvalue weighted by Gasteiger charge is 2.23. The number of carbonyl (C=O) groups is 1. The lowest BCUT2D eigenvalue weighted by Gasteiger charge is -2.15. The molecule has 0 spiro atoms. The molecule has 0 aliphatic carbocycles. The lowest BCUT2D eigenvalue weighted by molar-refractivity contribution is -0.143. The number of rotatable bonds is 6. The minimum absolute atomic E-state index is 0.0259. The second-order valence-corrected chi connectivity index (χ2v) is 7.42. The molecule has 25 heavy (non-hydrogen) atoms. The number of benzene rings is 2. The molecule has 0 amide bonds. The maximum atomic E-state index is 12.4. The highest BCUT2D eigenvalue weighted by atomic mass is 32.2. The van der Waals surface area contributed by atoms with Gasteiger partial charge in [0.05, 0.1) is 4.90 Å². The third kappa shape index (κ3) is 4.88. The molecule has 0 fully saturated rings. The number of aryl methyl sites for hydroxylation is 1. The molecule has 2 aromatic rings. The van der Waals surface area contributed by atoms with E-state index in [1.165, 1.54) is 19.2 Å². The first-order valence-corrected chi connectivity index (χ1v) is 8.86. The van der Waals surface area contributed by atoms with Crippen molar-refractivity contribution in [1.29, 1.82) is 0 Å². The summed E-state index contributed by atoms with van der Waals surface area (Å²) in [6.45, 7) is 1.37. The van der Waals surface area contributed by atoms with E-state index in [1.54, 1.807) is 36.4 Å². The van der Waals surface area contributed by atoms with Crippen LogP contribution in [0, 0.1) is 6.92 Å². The molecule has 2 N–H and O–H groups in total. The number of likely N-dealkylation sites (N-methyl/N-ethyl adjacent to an activating group) is 1. The van der Waals surface area contributed by atoms with Crippen molar-refractivity contribution in [3.8, 4) is 0 Å². The van der Waals surface area contributed by atoms with Crippen LogP contribution in [-0.2, 0) is 19.7 Å². The van der Waals surface area contributed by atoms with Gasteiger partial charge in [-0.2, -0.15) is 4.31 Å². The molecule has 0 bridgehead atoms. The molecular weight excluding hydrogens is 342 g/mol. The van der Waals surface area contributed by atoms with E-state index in [1.807, 2.05) is 13.0 Å². The van der Waals surface area contributed by atoms with Gasteiger partial charge in [-0.3, -0.25) is 0 Å². The molecule has 0 aromatic heterocycles. The minimum Gasteiger partial charge on any atom is -0.380 e. The van der Waals surface area contributed by atoms with Gasteiger partial charge in [-0.1, -0.05) is 53.2 Å². The summed E-state index contributed by atoms with van der Waals surface area (Å²) in [6.07, 6.45) is 0. The van der Waals surface area contributed by atoms with Crippen LogP contribution in [0.4, 0.5) is 0 Å². The van der Waals surface area contributed by atoms with Crippen LogP contribution in [0.1, 0.15) is 11.1 Å². The number of nitrogens with two attached hydrogens (primary N) is 1. The number of oxime groups is 1.